The molecule has 0 amide bonds. The minimum Gasteiger partial charge on any atom is -0.504 e. The molecule has 0 atom stereocenters. The Morgan fingerprint density at radius 1 is 1.19 bits per heavy atom. The zero-order valence-electron chi connectivity index (χ0n) is 8.91. The number of phenols is 2. The van der Waals surface area contributed by atoms with Gasteiger partial charge in [0, 0.05) is 38.3 Å². The van der Waals surface area contributed by atoms with Gasteiger partial charge in [-0.1, -0.05) is 6.07 Å². The van der Waals surface area contributed by atoms with Gasteiger partial charge in [0.1, 0.15) is 0 Å². The van der Waals surface area contributed by atoms with Gasteiger partial charge in [-0.05, 0) is 6.07 Å². The average molecular weight is 226 g/mol. The zero-order chi connectivity index (χ0) is 11.5. The lowest BCUT2D eigenvalue weighted by Gasteiger charge is -2.27. The van der Waals surface area contributed by atoms with Crippen molar-refractivity contribution >= 4 is 0 Å². The van der Waals surface area contributed by atoms with Gasteiger partial charge >= 0.3 is 0 Å². The molecule has 1 aromatic carbocycles. The highest BCUT2D eigenvalue weighted by Gasteiger charge is 2.15. The van der Waals surface area contributed by atoms with Gasteiger partial charge in [0.25, 0.3) is 0 Å². The predicted molar refractivity (Wildman–Crippen MR) is 57.9 cm³/mol. The van der Waals surface area contributed by atoms with Gasteiger partial charge in [-0.25, -0.2) is 4.39 Å². The van der Waals surface area contributed by atoms with E-state index in [-0.39, 0.29) is 5.75 Å². The third kappa shape index (κ3) is 2.25. The molecule has 0 saturated carbocycles. The SMILES string of the molecule is Oc1c(F)ccc(CN2CCNCC2)c1O. The number of halogens is 1. The second kappa shape index (κ2) is 4.67. The summed E-state index contributed by atoms with van der Waals surface area (Å²) in [6.45, 7) is 4.12. The van der Waals surface area contributed by atoms with Crippen molar-refractivity contribution in [2.45, 2.75) is 6.54 Å². The van der Waals surface area contributed by atoms with Crippen LogP contribution in [0.3, 0.4) is 0 Å². The number of hydrogen-bond acceptors (Lipinski definition) is 4. The Kier molecular flexibility index (Phi) is 3.26. The number of rotatable bonds is 2. The van der Waals surface area contributed by atoms with Crippen LogP contribution in [0.4, 0.5) is 4.39 Å². The van der Waals surface area contributed by atoms with Crippen LogP contribution in [0.1, 0.15) is 5.56 Å². The van der Waals surface area contributed by atoms with Crippen molar-refractivity contribution in [1.29, 1.82) is 0 Å². The van der Waals surface area contributed by atoms with Gasteiger partial charge in [0.15, 0.2) is 17.3 Å². The molecular weight excluding hydrogens is 211 g/mol. The molecule has 88 valence electrons. The molecule has 1 aliphatic rings. The van der Waals surface area contributed by atoms with E-state index in [0.29, 0.717) is 12.1 Å². The summed E-state index contributed by atoms with van der Waals surface area (Å²) in [6.07, 6.45) is 0. The predicted octanol–water partition coefficient (Wildman–Crippen LogP) is 0.642. The van der Waals surface area contributed by atoms with Crippen LogP contribution in [0.5, 0.6) is 11.5 Å². The van der Waals surface area contributed by atoms with Crippen molar-refractivity contribution in [2.75, 3.05) is 26.2 Å². The molecule has 0 aromatic heterocycles. The van der Waals surface area contributed by atoms with Gasteiger partial charge in [0.05, 0.1) is 0 Å². The molecule has 3 N–H and O–H groups in total. The first-order valence-corrected chi connectivity index (χ1v) is 5.31. The van der Waals surface area contributed by atoms with Crippen molar-refractivity contribution in [2.24, 2.45) is 0 Å². The molecule has 5 heteroatoms. The van der Waals surface area contributed by atoms with Gasteiger partial charge in [-0.3, -0.25) is 4.90 Å². The topological polar surface area (TPSA) is 55.7 Å². The van der Waals surface area contributed by atoms with Crippen molar-refractivity contribution in [1.82, 2.24) is 10.2 Å². The molecule has 1 saturated heterocycles. The Morgan fingerprint density at radius 2 is 1.88 bits per heavy atom. The second-order valence-electron chi connectivity index (χ2n) is 3.93. The Hall–Kier alpha value is -1.33. The van der Waals surface area contributed by atoms with Crippen LogP contribution < -0.4 is 5.32 Å². The summed E-state index contributed by atoms with van der Waals surface area (Å²) in [5.41, 5.74) is 0.556. The summed E-state index contributed by atoms with van der Waals surface area (Å²) < 4.78 is 12.9. The molecule has 1 fully saturated rings. The smallest absolute Gasteiger partial charge is 0.194 e. The van der Waals surface area contributed by atoms with Crippen LogP contribution in [0, 0.1) is 5.82 Å². The first kappa shape index (κ1) is 11.2. The van der Waals surface area contributed by atoms with Crippen molar-refractivity contribution in [3.8, 4) is 11.5 Å². The molecule has 0 bridgehead atoms. The first-order chi connectivity index (χ1) is 7.68. The van der Waals surface area contributed by atoms with Crippen molar-refractivity contribution < 1.29 is 14.6 Å². The van der Waals surface area contributed by atoms with E-state index in [0.717, 1.165) is 26.2 Å². The highest BCUT2D eigenvalue weighted by Crippen LogP contribution is 2.32. The molecule has 1 aromatic rings. The molecule has 1 aliphatic heterocycles. The van der Waals surface area contributed by atoms with Crippen LogP contribution in [0.25, 0.3) is 0 Å². The van der Waals surface area contributed by atoms with E-state index in [1.807, 2.05) is 0 Å². The van der Waals surface area contributed by atoms with Gasteiger partial charge in [-0.2, -0.15) is 0 Å². The average Bonchev–Trinajstić information content (AvgIpc) is 2.31. The Morgan fingerprint density at radius 3 is 2.56 bits per heavy atom. The van der Waals surface area contributed by atoms with E-state index >= 15 is 0 Å². The summed E-state index contributed by atoms with van der Waals surface area (Å²) in [6, 6.07) is 2.68. The Bertz CT molecular complexity index is 378. The van der Waals surface area contributed by atoms with Crippen LogP contribution in [-0.4, -0.2) is 41.3 Å². The molecule has 0 unspecified atom stereocenters. The standard InChI is InChI=1S/C11H15FN2O2/c12-9-2-1-8(10(15)11(9)16)7-14-5-3-13-4-6-14/h1-2,13,15-16H,3-7H2. The normalized spacial score (nSPS) is 17.6. The van der Waals surface area contributed by atoms with Crippen molar-refractivity contribution in [3.05, 3.63) is 23.5 Å². The summed E-state index contributed by atoms with van der Waals surface area (Å²) >= 11 is 0. The monoisotopic (exact) mass is 226 g/mol. The summed E-state index contributed by atoms with van der Waals surface area (Å²) in [5.74, 6) is -1.80. The third-order valence-electron chi connectivity index (χ3n) is 2.79. The number of phenolic OH excluding ortho intramolecular Hbond substituents is 2. The van der Waals surface area contributed by atoms with Crippen molar-refractivity contribution in [3.63, 3.8) is 0 Å². The maximum Gasteiger partial charge on any atom is 0.194 e. The number of piperazine rings is 1. The van der Waals surface area contributed by atoms with E-state index in [2.05, 4.69) is 10.2 Å². The molecule has 2 rings (SSSR count). The number of nitrogens with zero attached hydrogens (tertiary/aromatic N) is 1. The van der Waals surface area contributed by atoms with Crippen LogP contribution in [-0.2, 0) is 6.54 Å². The molecule has 0 radical (unpaired) electrons. The Balaban J connectivity index is 2.11. The van der Waals surface area contributed by atoms with Crippen LogP contribution in [0.15, 0.2) is 12.1 Å². The highest BCUT2D eigenvalue weighted by atomic mass is 19.1. The number of nitrogens with one attached hydrogen (secondary N) is 1. The molecule has 0 aliphatic carbocycles. The summed E-state index contributed by atoms with van der Waals surface area (Å²) in [7, 11) is 0. The van der Waals surface area contributed by atoms with Gasteiger partial charge in [0.2, 0.25) is 0 Å². The molecule has 0 spiro atoms. The van der Waals surface area contributed by atoms with Gasteiger partial charge in [-0.15, -0.1) is 0 Å². The lowest BCUT2D eigenvalue weighted by atomic mass is 10.1. The molecular formula is C11H15FN2O2. The number of aromatic hydroxyl groups is 2. The maximum absolute atomic E-state index is 12.9. The summed E-state index contributed by atoms with van der Waals surface area (Å²) in [5, 5.41) is 22.1. The molecule has 16 heavy (non-hydrogen) atoms. The minimum absolute atomic E-state index is 0.349. The van der Waals surface area contributed by atoms with E-state index in [9.17, 15) is 14.6 Å². The fourth-order valence-corrected chi connectivity index (χ4v) is 1.83. The fourth-order valence-electron chi connectivity index (χ4n) is 1.83. The lowest BCUT2D eigenvalue weighted by molar-refractivity contribution is 0.229. The first-order valence-electron chi connectivity index (χ1n) is 5.31. The largest absolute Gasteiger partial charge is 0.504 e. The Labute approximate surface area is 93.3 Å². The highest BCUT2D eigenvalue weighted by molar-refractivity contribution is 5.45. The van der Waals surface area contributed by atoms with E-state index in [1.54, 1.807) is 0 Å². The van der Waals surface area contributed by atoms with Crippen LogP contribution in [0.2, 0.25) is 0 Å². The molecule has 4 nitrogen and oxygen atoms in total. The number of benzene rings is 1. The van der Waals surface area contributed by atoms with Gasteiger partial charge < -0.3 is 15.5 Å². The summed E-state index contributed by atoms with van der Waals surface area (Å²) in [4.78, 5) is 2.14. The van der Waals surface area contributed by atoms with Crippen LogP contribution >= 0.6 is 0 Å². The van der Waals surface area contributed by atoms with E-state index in [1.165, 1.54) is 12.1 Å². The van der Waals surface area contributed by atoms with E-state index < -0.39 is 11.6 Å². The maximum atomic E-state index is 12.9. The zero-order valence-corrected chi connectivity index (χ0v) is 8.91. The third-order valence-corrected chi connectivity index (χ3v) is 2.79. The minimum atomic E-state index is -0.790. The van der Waals surface area contributed by atoms with E-state index in [4.69, 9.17) is 0 Å². The fraction of sp³-hybridized carbons (Fsp3) is 0.455. The number of hydrogen-bond donors (Lipinski definition) is 3. The molecule has 1 heterocycles. The quantitative estimate of drug-likeness (QED) is 0.648. The lowest BCUT2D eigenvalue weighted by Crippen LogP contribution is -2.42. The second-order valence-corrected chi connectivity index (χ2v) is 3.93.